The zero-order chi connectivity index (χ0) is 16.1. The molecule has 3 rings (SSSR count). The first kappa shape index (κ1) is 15.6. The average molecular weight is 313 g/mol. The molecule has 0 spiro atoms. The summed E-state index contributed by atoms with van der Waals surface area (Å²) in [5, 5.41) is 13.1. The second kappa shape index (κ2) is 7.28. The van der Waals surface area contributed by atoms with Gasteiger partial charge in [-0.3, -0.25) is 0 Å². The second-order valence-electron chi connectivity index (χ2n) is 5.66. The summed E-state index contributed by atoms with van der Waals surface area (Å²) in [5.74, 6) is 0.865. The molecule has 1 fully saturated rings. The van der Waals surface area contributed by atoms with Crippen molar-refractivity contribution in [1.82, 2.24) is 19.8 Å². The summed E-state index contributed by atoms with van der Waals surface area (Å²) in [6, 6.07) is 8.20. The number of hydrogen-bond donors (Lipinski definition) is 2. The van der Waals surface area contributed by atoms with Crippen LogP contribution in [0.25, 0.3) is 5.69 Å². The van der Waals surface area contributed by atoms with E-state index in [1.807, 2.05) is 22.9 Å². The molecule has 6 nitrogen and oxygen atoms in total. The van der Waals surface area contributed by atoms with E-state index in [1.54, 1.807) is 12.5 Å². The van der Waals surface area contributed by atoms with E-state index in [9.17, 15) is 5.11 Å². The monoisotopic (exact) mass is 313 g/mol. The van der Waals surface area contributed by atoms with Crippen molar-refractivity contribution in [3.05, 3.63) is 48.5 Å². The molecule has 2 heterocycles. The first-order chi connectivity index (χ1) is 11.3. The number of hydrogen-bond acceptors (Lipinski definition) is 3. The topological polar surface area (TPSA) is 65.7 Å². The second-order valence-corrected chi connectivity index (χ2v) is 5.66. The number of aliphatic imine (C=N–C) groups is 1. The largest absolute Gasteiger partial charge is 0.391 e. The van der Waals surface area contributed by atoms with Gasteiger partial charge >= 0.3 is 0 Å². The Labute approximate surface area is 136 Å². The summed E-state index contributed by atoms with van der Waals surface area (Å²) in [7, 11) is 0. The summed E-state index contributed by atoms with van der Waals surface area (Å²) in [5.41, 5.74) is 2.23. The number of nitrogens with one attached hydrogen (secondary N) is 1. The quantitative estimate of drug-likeness (QED) is 0.661. The van der Waals surface area contributed by atoms with E-state index in [1.165, 1.54) is 0 Å². The Morgan fingerprint density at radius 3 is 3.00 bits per heavy atom. The van der Waals surface area contributed by atoms with E-state index in [0.29, 0.717) is 13.1 Å². The number of imidazole rings is 1. The molecule has 0 saturated carbocycles. The fourth-order valence-electron chi connectivity index (χ4n) is 2.82. The van der Waals surface area contributed by atoms with Crippen molar-refractivity contribution < 1.29 is 5.11 Å². The van der Waals surface area contributed by atoms with Crippen molar-refractivity contribution in [3.63, 3.8) is 0 Å². The zero-order valence-corrected chi connectivity index (χ0v) is 13.4. The molecule has 0 bridgehead atoms. The standard InChI is InChI=1S/C17H23N5O/c1-2-19-17(21-9-7-15(23)12-21)20-11-14-5-3-4-6-16(14)22-10-8-18-13-22/h3-6,8,10,13,15,23H,2,7,9,11-12H2,1H3,(H,19,20)/t15-/m1/s1. The summed E-state index contributed by atoms with van der Waals surface area (Å²) in [6.07, 6.45) is 6.05. The van der Waals surface area contributed by atoms with Crippen molar-refractivity contribution in [2.75, 3.05) is 19.6 Å². The maximum absolute atomic E-state index is 9.74. The number of guanidine groups is 1. The van der Waals surface area contributed by atoms with Gasteiger partial charge in [-0.05, 0) is 25.0 Å². The number of β-amino-alcohol motifs (C(OH)–C–C–N with tert-alkyl or cyclic N) is 1. The highest BCUT2D eigenvalue weighted by Gasteiger charge is 2.22. The molecule has 2 N–H and O–H groups in total. The van der Waals surface area contributed by atoms with Crippen LogP contribution in [0.4, 0.5) is 0 Å². The van der Waals surface area contributed by atoms with Gasteiger partial charge in [-0.25, -0.2) is 9.98 Å². The fraction of sp³-hybridized carbons (Fsp3) is 0.412. The van der Waals surface area contributed by atoms with Gasteiger partial charge in [-0.15, -0.1) is 0 Å². The van der Waals surface area contributed by atoms with Crippen LogP contribution in [0.2, 0.25) is 0 Å². The Kier molecular flexibility index (Phi) is 4.92. The van der Waals surface area contributed by atoms with E-state index in [2.05, 4.69) is 34.3 Å². The van der Waals surface area contributed by atoms with Crippen LogP contribution in [0.5, 0.6) is 0 Å². The molecule has 1 atom stereocenters. The molecule has 1 aromatic carbocycles. The third-order valence-corrected chi connectivity index (χ3v) is 3.97. The smallest absolute Gasteiger partial charge is 0.194 e. The van der Waals surface area contributed by atoms with Crippen molar-refractivity contribution in [3.8, 4) is 5.69 Å². The lowest BCUT2D eigenvalue weighted by Crippen LogP contribution is -2.40. The Balaban J connectivity index is 1.80. The minimum Gasteiger partial charge on any atom is -0.391 e. The summed E-state index contributed by atoms with van der Waals surface area (Å²) in [6.45, 7) is 4.95. The van der Waals surface area contributed by atoms with Crippen molar-refractivity contribution >= 4 is 5.96 Å². The van der Waals surface area contributed by atoms with Gasteiger partial charge in [0.1, 0.15) is 0 Å². The van der Waals surface area contributed by atoms with Gasteiger partial charge < -0.3 is 19.9 Å². The van der Waals surface area contributed by atoms with Gasteiger partial charge in [0.25, 0.3) is 0 Å². The molecule has 122 valence electrons. The van der Waals surface area contributed by atoms with Gasteiger partial charge in [-0.2, -0.15) is 0 Å². The predicted molar refractivity (Wildman–Crippen MR) is 90.6 cm³/mol. The highest BCUT2D eigenvalue weighted by atomic mass is 16.3. The highest BCUT2D eigenvalue weighted by Crippen LogP contribution is 2.16. The fourth-order valence-corrected chi connectivity index (χ4v) is 2.82. The lowest BCUT2D eigenvalue weighted by molar-refractivity contribution is 0.188. The third-order valence-electron chi connectivity index (χ3n) is 3.97. The minimum atomic E-state index is -0.253. The Morgan fingerprint density at radius 2 is 2.30 bits per heavy atom. The SMILES string of the molecule is CCNC(=NCc1ccccc1-n1ccnc1)N1CC[C@@H](O)C1. The van der Waals surface area contributed by atoms with Crippen LogP contribution in [-0.2, 0) is 6.54 Å². The van der Waals surface area contributed by atoms with Gasteiger partial charge in [0.15, 0.2) is 5.96 Å². The van der Waals surface area contributed by atoms with E-state index < -0.39 is 0 Å². The first-order valence-electron chi connectivity index (χ1n) is 8.05. The van der Waals surface area contributed by atoms with E-state index >= 15 is 0 Å². The molecule has 0 amide bonds. The molecule has 1 aliphatic heterocycles. The molecule has 1 saturated heterocycles. The predicted octanol–water partition coefficient (Wildman–Crippen LogP) is 1.40. The molecule has 6 heteroatoms. The van der Waals surface area contributed by atoms with Crippen LogP contribution >= 0.6 is 0 Å². The van der Waals surface area contributed by atoms with Crippen LogP contribution in [0, 0.1) is 0 Å². The molecule has 2 aromatic rings. The number of aromatic nitrogens is 2. The third kappa shape index (κ3) is 3.71. The molecular weight excluding hydrogens is 290 g/mol. The Bertz CT molecular complexity index is 653. The van der Waals surface area contributed by atoms with Crippen molar-refractivity contribution in [1.29, 1.82) is 0 Å². The molecule has 23 heavy (non-hydrogen) atoms. The summed E-state index contributed by atoms with van der Waals surface area (Å²) < 4.78 is 2.00. The number of aliphatic hydroxyl groups is 1. The zero-order valence-electron chi connectivity index (χ0n) is 13.4. The number of likely N-dealkylation sites (tertiary alicyclic amines) is 1. The molecule has 0 radical (unpaired) electrons. The number of benzene rings is 1. The Hall–Kier alpha value is -2.34. The van der Waals surface area contributed by atoms with E-state index in [-0.39, 0.29) is 6.10 Å². The molecule has 0 unspecified atom stereocenters. The minimum absolute atomic E-state index is 0.253. The van der Waals surface area contributed by atoms with Gasteiger partial charge in [0, 0.05) is 32.0 Å². The van der Waals surface area contributed by atoms with E-state index in [0.717, 1.165) is 36.7 Å². The number of aliphatic hydroxyl groups excluding tert-OH is 1. The Morgan fingerprint density at radius 1 is 1.43 bits per heavy atom. The maximum atomic E-state index is 9.74. The van der Waals surface area contributed by atoms with Gasteiger partial charge in [0.2, 0.25) is 0 Å². The number of nitrogens with zero attached hydrogens (tertiary/aromatic N) is 4. The van der Waals surface area contributed by atoms with Crippen LogP contribution in [0.15, 0.2) is 48.0 Å². The van der Waals surface area contributed by atoms with Crippen molar-refractivity contribution in [2.45, 2.75) is 26.0 Å². The van der Waals surface area contributed by atoms with Crippen LogP contribution in [-0.4, -0.2) is 51.3 Å². The van der Waals surface area contributed by atoms with Crippen LogP contribution in [0.1, 0.15) is 18.9 Å². The maximum Gasteiger partial charge on any atom is 0.194 e. The van der Waals surface area contributed by atoms with Crippen LogP contribution < -0.4 is 5.32 Å². The van der Waals surface area contributed by atoms with Crippen molar-refractivity contribution in [2.24, 2.45) is 4.99 Å². The lowest BCUT2D eigenvalue weighted by Gasteiger charge is -2.21. The summed E-state index contributed by atoms with van der Waals surface area (Å²) in [4.78, 5) is 11.0. The molecule has 1 aliphatic rings. The highest BCUT2D eigenvalue weighted by molar-refractivity contribution is 5.80. The van der Waals surface area contributed by atoms with Gasteiger partial charge in [0.05, 0.1) is 24.7 Å². The molecule has 0 aliphatic carbocycles. The van der Waals surface area contributed by atoms with Gasteiger partial charge in [-0.1, -0.05) is 18.2 Å². The van der Waals surface area contributed by atoms with Crippen LogP contribution in [0.3, 0.4) is 0 Å². The summed E-state index contributed by atoms with van der Waals surface area (Å²) >= 11 is 0. The molecule has 1 aromatic heterocycles. The normalized spacial score (nSPS) is 18.4. The lowest BCUT2D eigenvalue weighted by atomic mass is 10.2. The number of para-hydroxylation sites is 1. The average Bonchev–Trinajstić information content (AvgIpc) is 3.23. The molecular formula is C17H23N5O. The first-order valence-corrected chi connectivity index (χ1v) is 8.05. The van der Waals surface area contributed by atoms with E-state index in [4.69, 9.17) is 4.99 Å². The number of rotatable bonds is 4.